The first-order chi connectivity index (χ1) is 10.5. The van der Waals surface area contributed by atoms with Crippen molar-refractivity contribution < 1.29 is 4.79 Å². The summed E-state index contributed by atoms with van der Waals surface area (Å²) in [6.45, 7) is 0. The minimum Gasteiger partial charge on any atom is -0.370 e. The summed E-state index contributed by atoms with van der Waals surface area (Å²) in [5, 5.41) is 1.05. The average Bonchev–Trinajstić information content (AvgIpc) is 2.46. The molecule has 0 heterocycles. The second kappa shape index (κ2) is 7.29. The van der Waals surface area contributed by atoms with Crippen LogP contribution >= 0.6 is 23.2 Å². The quantitative estimate of drug-likeness (QED) is 0.665. The molecule has 0 aliphatic rings. The van der Waals surface area contributed by atoms with Crippen LogP contribution in [0, 0.1) is 0 Å². The molecular weight excluding hydrogens is 321 g/mol. The zero-order valence-corrected chi connectivity index (χ0v) is 13.2. The molecule has 0 spiro atoms. The van der Waals surface area contributed by atoms with Crippen LogP contribution in [0.4, 0.5) is 0 Å². The van der Waals surface area contributed by atoms with E-state index in [-0.39, 0.29) is 5.96 Å². The van der Waals surface area contributed by atoms with Crippen LogP contribution in [0.1, 0.15) is 17.0 Å². The molecule has 22 heavy (non-hydrogen) atoms. The summed E-state index contributed by atoms with van der Waals surface area (Å²) < 4.78 is 0. The normalized spacial score (nSPS) is 11.7. The van der Waals surface area contributed by atoms with Crippen molar-refractivity contribution >= 4 is 35.1 Å². The molecule has 2 aromatic carbocycles. The van der Waals surface area contributed by atoms with Crippen LogP contribution in [0.3, 0.4) is 0 Å². The molecule has 2 aromatic rings. The Morgan fingerprint density at radius 2 is 1.77 bits per heavy atom. The molecule has 2 rings (SSSR count). The molecule has 1 amide bonds. The van der Waals surface area contributed by atoms with Crippen LogP contribution in [0.2, 0.25) is 10.0 Å². The summed E-state index contributed by atoms with van der Waals surface area (Å²) in [7, 11) is 0. The molecule has 0 aliphatic heterocycles. The number of carbonyl (C=O) groups excluding carboxylic acids is 1. The molecule has 0 aliphatic carbocycles. The van der Waals surface area contributed by atoms with E-state index < -0.39 is 11.8 Å². The monoisotopic (exact) mass is 335 g/mol. The van der Waals surface area contributed by atoms with Crippen molar-refractivity contribution in [2.45, 2.75) is 12.3 Å². The molecule has 0 fully saturated rings. The summed E-state index contributed by atoms with van der Waals surface area (Å²) in [5.74, 6) is -1.17. The van der Waals surface area contributed by atoms with Crippen molar-refractivity contribution in [1.82, 2.24) is 0 Å². The van der Waals surface area contributed by atoms with Gasteiger partial charge in [-0.3, -0.25) is 4.79 Å². The molecule has 0 bridgehead atoms. The lowest BCUT2D eigenvalue weighted by atomic mass is 9.91. The molecule has 6 heteroatoms. The van der Waals surface area contributed by atoms with E-state index in [1.165, 1.54) is 0 Å². The second-order valence-corrected chi connectivity index (χ2v) is 5.62. The number of benzene rings is 2. The predicted octanol–water partition coefficient (Wildman–Crippen LogP) is 3.12. The predicted molar refractivity (Wildman–Crippen MR) is 90.2 cm³/mol. The van der Waals surface area contributed by atoms with Gasteiger partial charge in [0.2, 0.25) is 0 Å². The molecule has 0 aromatic heterocycles. The first-order valence-electron chi connectivity index (χ1n) is 6.59. The van der Waals surface area contributed by atoms with Gasteiger partial charge in [-0.25, -0.2) is 0 Å². The maximum Gasteiger partial charge on any atom is 0.256 e. The van der Waals surface area contributed by atoms with Gasteiger partial charge in [0.15, 0.2) is 5.96 Å². The third kappa shape index (κ3) is 4.23. The Labute approximate surface area is 138 Å². The van der Waals surface area contributed by atoms with Gasteiger partial charge in [0.05, 0.1) is 5.92 Å². The SMILES string of the molecule is NC(N)=NC(=O)[C@H](Cc1ccc(Cl)cc1Cl)c1ccccc1. The number of nitrogens with two attached hydrogens (primary N) is 2. The number of halogens is 2. The number of hydrogen-bond donors (Lipinski definition) is 2. The topological polar surface area (TPSA) is 81.5 Å². The van der Waals surface area contributed by atoms with E-state index in [9.17, 15) is 4.79 Å². The fourth-order valence-electron chi connectivity index (χ4n) is 2.15. The summed E-state index contributed by atoms with van der Waals surface area (Å²) in [5.41, 5.74) is 12.3. The Morgan fingerprint density at radius 3 is 2.36 bits per heavy atom. The highest BCUT2D eigenvalue weighted by atomic mass is 35.5. The average molecular weight is 336 g/mol. The van der Waals surface area contributed by atoms with Gasteiger partial charge in [0.25, 0.3) is 5.91 Å². The van der Waals surface area contributed by atoms with Gasteiger partial charge < -0.3 is 11.5 Å². The van der Waals surface area contributed by atoms with E-state index in [0.29, 0.717) is 16.5 Å². The number of amides is 1. The zero-order valence-electron chi connectivity index (χ0n) is 11.7. The molecule has 0 saturated carbocycles. The van der Waals surface area contributed by atoms with E-state index in [4.69, 9.17) is 34.7 Å². The number of aliphatic imine (C=N–C) groups is 1. The largest absolute Gasteiger partial charge is 0.370 e. The standard InChI is InChI=1S/C16H15Cl2N3O/c17-12-7-6-11(14(18)9-12)8-13(15(22)21-16(19)20)10-4-2-1-3-5-10/h1-7,9,13H,8H2,(H4,19,20,21,22)/t13-/m1/s1. The molecule has 0 radical (unpaired) electrons. The van der Waals surface area contributed by atoms with Gasteiger partial charge in [0.1, 0.15) is 0 Å². The fraction of sp³-hybridized carbons (Fsp3) is 0.125. The molecule has 114 valence electrons. The first kappa shape index (κ1) is 16.3. The maximum atomic E-state index is 12.3. The highest BCUT2D eigenvalue weighted by Crippen LogP contribution is 2.28. The van der Waals surface area contributed by atoms with E-state index in [0.717, 1.165) is 11.1 Å². The van der Waals surface area contributed by atoms with Gasteiger partial charge >= 0.3 is 0 Å². The third-order valence-electron chi connectivity index (χ3n) is 3.18. The van der Waals surface area contributed by atoms with E-state index in [1.807, 2.05) is 30.3 Å². The van der Waals surface area contributed by atoms with Gasteiger partial charge in [0, 0.05) is 10.0 Å². The lowest BCUT2D eigenvalue weighted by Crippen LogP contribution is -2.26. The Bertz CT molecular complexity index is 698. The smallest absolute Gasteiger partial charge is 0.256 e. The van der Waals surface area contributed by atoms with E-state index in [1.54, 1.807) is 18.2 Å². The van der Waals surface area contributed by atoms with Crippen LogP contribution in [0.25, 0.3) is 0 Å². The molecule has 4 nitrogen and oxygen atoms in total. The number of carbonyl (C=O) groups is 1. The molecule has 0 unspecified atom stereocenters. The zero-order chi connectivity index (χ0) is 16.1. The van der Waals surface area contributed by atoms with Gasteiger partial charge in [-0.1, -0.05) is 59.6 Å². The van der Waals surface area contributed by atoms with Gasteiger partial charge in [-0.15, -0.1) is 0 Å². The second-order valence-electron chi connectivity index (χ2n) is 4.78. The van der Waals surface area contributed by atoms with Crippen molar-refractivity contribution in [3.63, 3.8) is 0 Å². The van der Waals surface area contributed by atoms with Crippen molar-refractivity contribution in [3.8, 4) is 0 Å². The minimum atomic E-state index is -0.512. The minimum absolute atomic E-state index is 0.256. The lowest BCUT2D eigenvalue weighted by Gasteiger charge is -2.15. The van der Waals surface area contributed by atoms with Crippen LogP contribution in [0.15, 0.2) is 53.5 Å². The van der Waals surface area contributed by atoms with E-state index >= 15 is 0 Å². The van der Waals surface area contributed by atoms with Crippen LogP contribution in [-0.4, -0.2) is 11.9 Å². The maximum absolute atomic E-state index is 12.3. The third-order valence-corrected chi connectivity index (χ3v) is 3.77. The lowest BCUT2D eigenvalue weighted by molar-refractivity contribution is -0.119. The van der Waals surface area contributed by atoms with Crippen LogP contribution in [-0.2, 0) is 11.2 Å². The highest BCUT2D eigenvalue weighted by Gasteiger charge is 2.22. The van der Waals surface area contributed by atoms with Gasteiger partial charge in [-0.05, 0) is 29.7 Å². The van der Waals surface area contributed by atoms with Gasteiger partial charge in [-0.2, -0.15) is 4.99 Å². The molecular formula is C16H15Cl2N3O. The van der Waals surface area contributed by atoms with E-state index in [2.05, 4.69) is 4.99 Å². The van der Waals surface area contributed by atoms with Crippen LogP contribution < -0.4 is 11.5 Å². The van der Waals surface area contributed by atoms with Crippen molar-refractivity contribution in [2.24, 2.45) is 16.5 Å². The Morgan fingerprint density at radius 1 is 1.09 bits per heavy atom. The summed E-state index contributed by atoms with van der Waals surface area (Å²) in [4.78, 5) is 16.0. The Balaban J connectivity index is 2.36. The Kier molecular flexibility index (Phi) is 5.41. The number of hydrogen-bond acceptors (Lipinski definition) is 1. The van der Waals surface area contributed by atoms with Crippen molar-refractivity contribution in [2.75, 3.05) is 0 Å². The summed E-state index contributed by atoms with van der Waals surface area (Å²) in [6, 6.07) is 14.5. The van der Waals surface area contributed by atoms with Crippen molar-refractivity contribution in [1.29, 1.82) is 0 Å². The summed E-state index contributed by atoms with van der Waals surface area (Å²) >= 11 is 12.1. The number of guanidine groups is 1. The van der Waals surface area contributed by atoms with Crippen molar-refractivity contribution in [3.05, 3.63) is 69.7 Å². The highest BCUT2D eigenvalue weighted by molar-refractivity contribution is 6.35. The number of nitrogens with zero attached hydrogens (tertiary/aromatic N) is 1. The summed E-state index contributed by atoms with van der Waals surface area (Å²) in [6.07, 6.45) is 0.385. The Hall–Kier alpha value is -2.04. The number of rotatable bonds is 4. The molecule has 0 saturated heterocycles. The molecule has 4 N–H and O–H groups in total. The fourth-order valence-corrected chi connectivity index (χ4v) is 2.63. The van der Waals surface area contributed by atoms with Crippen LogP contribution in [0.5, 0.6) is 0 Å². The molecule has 1 atom stereocenters. The first-order valence-corrected chi connectivity index (χ1v) is 7.35.